The van der Waals surface area contributed by atoms with Gasteiger partial charge in [-0.2, -0.15) is 15.0 Å². The van der Waals surface area contributed by atoms with Gasteiger partial charge in [0.25, 0.3) is 0 Å². The molecule has 0 aliphatic heterocycles. The van der Waals surface area contributed by atoms with Crippen molar-refractivity contribution in [2.45, 2.75) is 65.8 Å². The molecule has 3 aromatic heterocycles. The normalized spacial score (nSPS) is 12.1. The highest BCUT2D eigenvalue weighted by Gasteiger charge is 2.17. The number of carbonyl (C=O) groups is 1. The van der Waals surface area contributed by atoms with Crippen LogP contribution in [0.4, 0.5) is 0 Å². The Morgan fingerprint density at radius 3 is 2.76 bits per heavy atom. The van der Waals surface area contributed by atoms with Gasteiger partial charge in [-0.15, -0.1) is 5.10 Å². The lowest BCUT2D eigenvalue weighted by Crippen LogP contribution is -2.12. The zero-order valence-corrected chi connectivity index (χ0v) is 19.9. The Labute approximate surface area is 194 Å². The summed E-state index contributed by atoms with van der Waals surface area (Å²) in [5.74, 6) is -0.279. The second-order valence-electron chi connectivity index (χ2n) is 8.19. The Hall–Kier alpha value is -3.30. The number of rotatable bonds is 13. The predicted molar refractivity (Wildman–Crippen MR) is 123 cm³/mol. The van der Waals surface area contributed by atoms with E-state index in [9.17, 15) is 4.79 Å². The smallest absolute Gasteiger partial charge is 0.306 e. The van der Waals surface area contributed by atoms with E-state index in [1.165, 1.54) is 0 Å². The van der Waals surface area contributed by atoms with Gasteiger partial charge in [0.2, 0.25) is 0 Å². The Morgan fingerprint density at radius 1 is 1.24 bits per heavy atom. The van der Waals surface area contributed by atoms with Crippen LogP contribution in [0.25, 0.3) is 11.4 Å². The largest absolute Gasteiger partial charge is 0.492 e. The molecule has 178 valence electrons. The molecule has 0 spiro atoms. The van der Waals surface area contributed by atoms with E-state index in [2.05, 4.69) is 32.4 Å². The van der Waals surface area contributed by atoms with Crippen LogP contribution in [0.5, 0.6) is 5.75 Å². The van der Waals surface area contributed by atoms with Crippen LogP contribution in [0.15, 0.2) is 18.3 Å². The summed E-state index contributed by atoms with van der Waals surface area (Å²) >= 11 is 0. The molecule has 0 radical (unpaired) electrons. The lowest BCUT2D eigenvalue weighted by molar-refractivity contribution is -0.142. The molecule has 1 N–H and O–H groups in total. The lowest BCUT2D eigenvalue weighted by atomic mass is 10.00. The quantitative estimate of drug-likeness (QED) is 0.389. The first-order valence-electron chi connectivity index (χ1n) is 11.5. The number of aromatic nitrogens is 7. The first-order chi connectivity index (χ1) is 15.9. The van der Waals surface area contributed by atoms with Crippen LogP contribution in [0.3, 0.4) is 0 Å². The fraction of sp³-hybridized carbons (Fsp3) is 0.565. The summed E-state index contributed by atoms with van der Waals surface area (Å²) in [5.41, 5.74) is 4.02. The highest BCUT2D eigenvalue weighted by molar-refractivity contribution is 5.69. The number of ether oxygens (including phenoxy) is 1. The number of pyridine rings is 1. The molecule has 1 atom stereocenters. The fourth-order valence-corrected chi connectivity index (χ4v) is 3.68. The summed E-state index contributed by atoms with van der Waals surface area (Å²) in [6, 6.07) is 3.78. The van der Waals surface area contributed by atoms with Gasteiger partial charge >= 0.3 is 5.97 Å². The average Bonchev–Trinajstić information content (AvgIpc) is 3.38. The fourth-order valence-electron chi connectivity index (χ4n) is 3.68. The molecule has 3 aromatic rings. The van der Waals surface area contributed by atoms with Crippen molar-refractivity contribution in [1.29, 1.82) is 0 Å². The van der Waals surface area contributed by atoms with Crippen molar-refractivity contribution < 1.29 is 14.6 Å². The number of carboxylic acids is 1. The number of hydrogen-bond acceptors (Lipinski definition) is 7. The summed E-state index contributed by atoms with van der Waals surface area (Å²) in [5, 5.41) is 26.5. The second kappa shape index (κ2) is 11.5. The summed E-state index contributed by atoms with van der Waals surface area (Å²) in [4.78, 5) is 17.5. The molecule has 0 bridgehead atoms. The van der Waals surface area contributed by atoms with Crippen LogP contribution in [-0.2, 0) is 24.8 Å². The Morgan fingerprint density at radius 2 is 2.06 bits per heavy atom. The van der Waals surface area contributed by atoms with E-state index in [4.69, 9.17) is 9.84 Å². The Kier molecular flexibility index (Phi) is 8.51. The van der Waals surface area contributed by atoms with Crippen molar-refractivity contribution in [3.63, 3.8) is 0 Å². The first-order valence-corrected chi connectivity index (χ1v) is 11.5. The molecular weight excluding hydrogens is 422 g/mol. The maximum atomic E-state index is 11.1. The van der Waals surface area contributed by atoms with Gasteiger partial charge in [0.15, 0.2) is 0 Å². The maximum absolute atomic E-state index is 11.1. The monoisotopic (exact) mass is 455 g/mol. The summed E-state index contributed by atoms with van der Waals surface area (Å²) in [6.45, 7) is 6.91. The van der Waals surface area contributed by atoms with E-state index in [0.717, 1.165) is 48.5 Å². The Balaban J connectivity index is 1.62. The molecule has 33 heavy (non-hydrogen) atoms. The van der Waals surface area contributed by atoms with E-state index in [0.29, 0.717) is 37.4 Å². The molecule has 0 fully saturated rings. The third kappa shape index (κ3) is 6.36. The third-order valence-corrected chi connectivity index (χ3v) is 5.65. The van der Waals surface area contributed by atoms with Crippen LogP contribution < -0.4 is 4.74 Å². The third-order valence-electron chi connectivity index (χ3n) is 5.65. The standard InChI is InChI=1S/C23H33N7O3/c1-5-9-18-14-24-30(27-18)15-20-22(26-28-29(20)4)19-11-12-21(16(3)25-19)33-13-8-7-10-17(6-2)23(31)32/h11-12,14,17H,5-10,13,15H2,1-4H3,(H,31,32)/t17-/m1/s1. The number of aliphatic carboxylic acids is 1. The van der Waals surface area contributed by atoms with Gasteiger partial charge < -0.3 is 9.84 Å². The maximum Gasteiger partial charge on any atom is 0.306 e. The minimum atomic E-state index is -0.720. The zero-order chi connectivity index (χ0) is 23.8. The van der Waals surface area contributed by atoms with Crippen LogP contribution in [0, 0.1) is 12.8 Å². The summed E-state index contributed by atoms with van der Waals surface area (Å²) in [6.07, 6.45) is 6.67. The van der Waals surface area contributed by atoms with E-state index in [1.807, 2.05) is 33.0 Å². The number of aryl methyl sites for hydroxylation is 3. The van der Waals surface area contributed by atoms with Crippen LogP contribution in [0.2, 0.25) is 0 Å². The SMILES string of the molecule is CCCc1cnn(Cc2c(-c3ccc(OCCCC[C@@H](CC)C(=O)O)c(C)n3)nnn2C)n1. The molecule has 0 aromatic carbocycles. The van der Waals surface area contributed by atoms with Gasteiger partial charge in [0.05, 0.1) is 41.5 Å². The van der Waals surface area contributed by atoms with Crippen molar-refractivity contribution in [2.75, 3.05) is 6.61 Å². The van der Waals surface area contributed by atoms with Crippen molar-refractivity contribution in [3.05, 3.63) is 35.4 Å². The van der Waals surface area contributed by atoms with E-state index >= 15 is 0 Å². The molecule has 10 heteroatoms. The first kappa shape index (κ1) is 24.3. The van der Waals surface area contributed by atoms with Gasteiger partial charge in [-0.3, -0.25) is 4.79 Å². The lowest BCUT2D eigenvalue weighted by Gasteiger charge is -2.11. The molecule has 0 unspecified atom stereocenters. The zero-order valence-electron chi connectivity index (χ0n) is 19.9. The molecule has 3 rings (SSSR count). The molecule has 10 nitrogen and oxygen atoms in total. The van der Waals surface area contributed by atoms with Crippen molar-refractivity contribution in [2.24, 2.45) is 13.0 Å². The highest BCUT2D eigenvalue weighted by atomic mass is 16.5. The van der Waals surface area contributed by atoms with Gasteiger partial charge in [0, 0.05) is 7.05 Å². The van der Waals surface area contributed by atoms with Crippen LogP contribution in [-0.4, -0.2) is 52.7 Å². The summed E-state index contributed by atoms with van der Waals surface area (Å²) in [7, 11) is 1.85. The molecule has 0 amide bonds. The van der Waals surface area contributed by atoms with E-state index in [1.54, 1.807) is 15.7 Å². The highest BCUT2D eigenvalue weighted by Crippen LogP contribution is 2.24. The molecular formula is C23H33N7O3. The van der Waals surface area contributed by atoms with Crippen molar-refractivity contribution in [1.82, 2.24) is 35.0 Å². The molecule has 0 saturated heterocycles. The molecule has 0 aliphatic rings. The number of carboxylic acid groups (broad SMARTS) is 1. The van der Waals surface area contributed by atoms with Gasteiger partial charge in [-0.1, -0.05) is 25.5 Å². The average molecular weight is 456 g/mol. The minimum absolute atomic E-state index is 0.274. The summed E-state index contributed by atoms with van der Waals surface area (Å²) < 4.78 is 7.61. The van der Waals surface area contributed by atoms with Crippen molar-refractivity contribution >= 4 is 5.97 Å². The topological polar surface area (TPSA) is 121 Å². The molecule has 0 aliphatic carbocycles. The second-order valence-corrected chi connectivity index (χ2v) is 8.19. The number of hydrogen-bond donors (Lipinski definition) is 1. The number of nitrogens with zero attached hydrogens (tertiary/aromatic N) is 7. The van der Waals surface area contributed by atoms with Gasteiger partial charge in [-0.05, 0) is 51.2 Å². The van der Waals surface area contributed by atoms with Crippen LogP contribution >= 0.6 is 0 Å². The van der Waals surface area contributed by atoms with Crippen molar-refractivity contribution in [3.8, 4) is 17.1 Å². The van der Waals surface area contributed by atoms with Gasteiger partial charge in [0.1, 0.15) is 18.0 Å². The minimum Gasteiger partial charge on any atom is -0.492 e. The molecule has 0 saturated carbocycles. The molecule has 3 heterocycles. The van der Waals surface area contributed by atoms with Gasteiger partial charge in [-0.25, -0.2) is 9.67 Å². The Bertz CT molecular complexity index is 1060. The number of unbranched alkanes of at least 4 members (excludes halogenated alkanes) is 1. The van der Waals surface area contributed by atoms with E-state index < -0.39 is 5.97 Å². The van der Waals surface area contributed by atoms with E-state index in [-0.39, 0.29) is 5.92 Å². The van der Waals surface area contributed by atoms with Crippen LogP contribution in [0.1, 0.15) is 63.0 Å². The predicted octanol–water partition coefficient (Wildman–Crippen LogP) is 3.44.